The molecule has 0 amide bonds. The summed E-state index contributed by atoms with van der Waals surface area (Å²) in [6, 6.07) is 7.68. The van der Waals surface area contributed by atoms with Crippen LogP contribution in [0.1, 0.15) is 24.9 Å². The number of rotatable bonds is 5. The van der Waals surface area contributed by atoms with Gasteiger partial charge in [0.1, 0.15) is 0 Å². The Morgan fingerprint density at radius 1 is 1.35 bits per heavy atom. The first-order chi connectivity index (χ1) is 9.70. The molecule has 1 atom stereocenters. The van der Waals surface area contributed by atoms with Gasteiger partial charge in [0, 0.05) is 24.2 Å². The maximum Gasteiger partial charge on any atom is 0.307 e. The molecule has 20 heavy (non-hydrogen) atoms. The lowest BCUT2D eigenvalue weighted by Gasteiger charge is -2.34. The van der Waals surface area contributed by atoms with E-state index in [1.165, 1.54) is 0 Å². The highest BCUT2D eigenvalue weighted by Crippen LogP contribution is 2.27. The molecule has 0 spiro atoms. The van der Waals surface area contributed by atoms with Gasteiger partial charge in [-0.05, 0) is 24.6 Å². The van der Waals surface area contributed by atoms with Crippen LogP contribution in [-0.4, -0.2) is 43.8 Å². The van der Waals surface area contributed by atoms with E-state index in [4.69, 9.17) is 21.1 Å². The van der Waals surface area contributed by atoms with Gasteiger partial charge in [0.2, 0.25) is 0 Å². The maximum absolute atomic E-state index is 11.8. The molecule has 2 rings (SSSR count). The zero-order chi connectivity index (χ0) is 14.4. The van der Waals surface area contributed by atoms with Crippen molar-refractivity contribution < 1.29 is 14.3 Å². The van der Waals surface area contributed by atoms with Crippen LogP contribution in [0.5, 0.6) is 0 Å². The van der Waals surface area contributed by atoms with Crippen LogP contribution in [0.2, 0.25) is 5.02 Å². The minimum absolute atomic E-state index is 0.0233. The normalized spacial score (nSPS) is 17.7. The fraction of sp³-hybridized carbons (Fsp3) is 0.533. The van der Waals surface area contributed by atoms with E-state index in [9.17, 15) is 4.79 Å². The number of carbonyl (C=O) groups excluding carboxylic acids is 1. The van der Waals surface area contributed by atoms with Crippen LogP contribution in [0.25, 0.3) is 0 Å². The van der Waals surface area contributed by atoms with Gasteiger partial charge < -0.3 is 9.47 Å². The lowest BCUT2D eigenvalue weighted by atomic mass is 10.0. The molecule has 0 N–H and O–H groups in total. The topological polar surface area (TPSA) is 38.8 Å². The van der Waals surface area contributed by atoms with E-state index in [-0.39, 0.29) is 12.0 Å². The second kappa shape index (κ2) is 7.62. The predicted molar refractivity (Wildman–Crippen MR) is 77.8 cm³/mol. The highest BCUT2D eigenvalue weighted by atomic mass is 35.5. The Balaban J connectivity index is 2.13. The molecular formula is C15H20ClNO3. The van der Waals surface area contributed by atoms with Crippen LogP contribution >= 0.6 is 11.6 Å². The number of benzene rings is 1. The van der Waals surface area contributed by atoms with E-state index in [0.717, 1.165) is 18.7 Å². The van der Waals surface area contributed by atoms with Gasteiger partial charge in [0.05, 0.1) is 26.2 Å². The van der Waals surface area contributed by atoms with Crippen molar-refractivity contribution in [2.24, 2.45) is 0 Å². The summed E-state index contributed by atoms with van der Waals surface area (Å²) in [7, 11) is 0. The Labute approximate surface area is 124 Å². The van der Waals surface area contributed by atoms with Crippen molar-refractivity contribution in [2.45, 2.75) is 19.4 Å². The van der Waals surface area contributed by atoms with Crippen LogP contribution in [0.15, 0.2) is 24.3 Å². The van der Waals surface area contributed by atoms with Gasteiger partial charge in [0.25, 0.3) is 0 Å². The summed E-state index contributed by atoms with van der Waals surface area (Å²) in [5.74, 6) is -0.168. The summed E-state index contributed by atoms with van der Waals surface area (Å²) in [6.45, 7) is 5.29. The number of esters is 1. The number of hydrogen-bond donors (Lipinski definition) is 0. The van der Waals surface area contributed by atoms with Gasteiger partial charge in [-0.25, -0.2) is 0 Å². The van der Waals surface area contributed by atoms with Gasteiger partial charge >= 0.3 is 5.97 Å². The molecule has 1 aromatic carbocycles. The fourth-order valence-corrected chi connectivity index (χ4v) is 2.54. The molecule has 1 unspecified atom stereocenters. The number of halogens is 1. The highest BCUT2D eigenvalue weighted by molar-refractivity contribution is 6.30. The van der Waals surface area contributed by atoms with Crippen molar-refractivity contribution in [3.8, 4) is 0 Å². The third-order valence-electron chi connectivity index (χ3n) is 3.41. The molecule has 1 heterocycles. The Bertz CT molecular complexity index is 429. The second-order valence-electron chi connectivity index (χ2n) is 4.72. The van der Waals surface area contributed by atoms with Gasteiger partial charge in [-0.1, -0.05) is 23.7 Å². The molecular weight excluding hydrogens is 278 g/mol. The van der Waals surface area contributed by atoms with E-state index >= 15 is 0 Å². The highest BCUT2D eigenvalue weighted by Gasteiger charge is 2.25. The maximum atomic E-state index is 11.8. The molecule has 4 nitrogen and oxygen atoms in total. The summed E-state index contributed by atoms with van der Waals surface area (Å²) >= 11 is 5.93. The van der Waals surface area contributed by atoms with E-state index in [0.29, 0.717) is 31.3 Å². The second-order valence-corrected chi connectivity index (χ2v) is 5.16. The number of nitrogens with zero attached hydrogens (tertiary/aromatic N) is 1. The van der Waals surface area contributed by atoms with Crippen LogP contribution in [0.4, 0.5) is 0 Å². The van der Waals surface area contributed by atoms with Crippen molar-refractivity contribution in [2.75, 3.05) is 32.9 Å². The van der Waals surface area contributed by atoms with E-state index in [1.54, 1.807) is 0 Å². The van der Waals surface area contributed by atoms with Crippen LogP contribution in [0.3, 0.4) is 0 Å². The molecule has 0 bridgehead atoms. The van der Waals surface area contributed by atoms with E-state index in [1.807, 2.05) is 31.2 Å². The van der Waals surface area contributed by atoms with Gasteiger partial charge in [-0.3, -0.25) is 9.69 Å². The standard InChI is InChI=1S/C15H20ClNO3/c1-2-20-15(18)11-14(17-7-9-19-10-8-17)12-3-5-13(16)6-4-12/h3-6,14H,2,7-11H2,1H3. The lowest BCUT2D eigenvalue weighted by Crippen LogP contribution is -2.40. The quantitative estimate of drug-likeness (QED) is 0.783. The first kappa shape index (κ1) is 15.3. The number of hydrogen-bond acceptors (Lipinski definition) is 4. The average molecular weight is 298 g/mol. The van der Waals surface area contributed by atoms with Gasteiger partial charge in [-0.15, -0.1) is 0 Å². The lowest BCUT2D eigenvalue weighted by molar-refractivity contribution is -0.145. The third-order valence-corrected chi connectivity index (χ3v) is 3.66. The van der Waals surface area contributed by atoms with Crippen LogP contribution in [0, 0.1) is 0 Å². The van der Waals surface area contributed by atoms with Crippen molar-refractivity contribution in [1.29, 1.82) is 0 Å². The van der Waals surface area contributed by atoms with Crippen molar-refractivity contribution in [3.63, 3.8) is 0 Å². The monoisotopic (exact) mass is 297 g/mol. The average Bonchev–Trinajstić information content (AvgIpc) is 2.47. The summed E-state index contributed by atoms with van der Waals surface area (Å²) in [6.07, 6.45) is 0.357. The largest absolute Gasteiger partial charge is 0.466 e. The SMILES string of the molecule is CCOC(=O)CC(c1ccc(Cl)cc1)N1CCOCC1. The minimum Gasteiger partial charge on any atom is -0.466 e. The Hall–Kier alpha value is -1.10. The summed E-state index contributed by atoms with van der Waals surface area (Å²) in [4.78, 5) is 14.1. The van der Waals surface area contributed by atoms with Crippen molar-refractivity contribution >= 4 is 17.6 Å². The zero-order valence-corrected chi connectivity index (χ0v) is 12.4. The molecule has 1 aromatic rings. The predicted octanol–water partition coefficient (Wildman–Crippen LogP) is 2.67. The molecule has 0 aliphatic carbocycles. The first-order valence-electron chi connectivity index (χ1n) is 6.93. The summed E-state index contributed by atoms with van der Waals surface area (Å²) in [5, 5.41) is 0.700. The molecule has 1 saturated heterocycles. The van der Waals surface area contributed by atoms with Gasteiger partial charge in [0.15, 0.2) is 0 Å². The molecule has 0 aromatic heterocycles. The fourth-order valence-electron chi connectivity index (χ4n) is 2.41. The molecule has 0 saturated carbocycles. The number of ether oxygens (including phenoxy) is 2. The number of morpholine rings is 1. The first-order valence-corrected chi connectivity index (χ1v) is 7.31. The van der Waals surface area contributed by atoms with E-state index in [2.05, 4.69) is 4.90 Å². The third kappa shape index (κ3) is 4.20. The van der Waals surface area contributed by atoms with Crippen molar-refractivity contribution in [3.05, 3.63) is 34.9 Å². The summed E-state index contributed by atoms with van der Waals surface area (Å²) in [5.41, 5.74) is 1.09. The minimum atomic E-state index is -0.168. The van der Waals surface area contributed by atoms with Gasteiger partial charge in [-0.2, -0.15) is 0 Å². The van der Waals surface area contributed by atoms with Crippen LogP contribution < -0.4 is 0 Å². The summed E-state index contributed by atoms with van der Waals surface area (Å²) < 4.78 is 10.5. The Morgan fingerprint density at radius 3 is 2.60 bits per heavy atom. The Kier molecular flexibility index (Phi) is 5.83. The van der Waals surface area contributed by atoms with E-state index < -0.39 is 0 Å². The van der Waals surface area contributed by atoms with Crippen molar-refractivity contribution in [1.82, 2.24) is 4.90 Å². The molecule has 5 heteroatoms. The molecule has 1 aliphatic rings. The molecule has 0 radical (unpaired) electrons. The molecule has 1 fully saturated rings. The zero-order valence-electron chi connectivity index (χ0n) is 11.7. The number of carbonyl (C=O) groups is 1. The molecule has 1 aliphatic heterocycles. The Morgan fingerprint density at radius 2 is 2.00 bits per heavy atom. The molecule has 110 valence electrons. The smallest absolute Gasteiger partial charge is 0.307 e. The van der Waals surface area contributed by atoms with Crippen LogP contribution in [-0.2, 0) is 14.3 Å².